The lowest BCUT2D eigenvalue weighted by Crippen LogP contribution is -2.36. The van der Waals surface area contributed by atoms with Crippen molar-refractivity contribution in [3.63, 3.8) is 0 Å². The van der Waals surface area contributed by atoms with Crippen molar-refractivity contribution >= 4 is 38.0 Å². The molecule has 0 aliphatic carbocycles. The summed E-state index contributed by atoms with van der Waals surface area (Å²) in [5, 5.41) is 7.41. The molecule has 0 radical (unpaired) electrons. The zero-order valence-electron chi connectivity index (χ0n) is 27.5. The summed E-state index contributed by atoms with van der Waals surface area (Å²) in [6.45, 7) is 9.14. The second-order valence-corrected chi connectivity index (χ2v) is 14.6. The van der Waals surface area contributed by atoms with Crippen LogP contribution in [0.25, 0.3) is 16.8 Å². The second kappa shape index (κ2) is 15.3. The maximum Gasteiger partial charge on any atom is 0.421 e. The number of ether oxygens (including phenoxy) is 1. The van der Waals surface area contributed by atoms with Gasteiger partial charge in [-0.15, -0.1) is 5.10 Å². The van der Waals surface area contributed by atoms with Gasteiger partial charge in [0.25, 0.3) is 15.9 Å². The van der Waals surface area contributed by atoms with E-state index >= 15 is 4.39 Å². The molecule has 1 heterocycles. The van der Waals surface area contributed by atoms with E-state index in [1.54, 1.807) is 51.1 Å². The number of nitrogens with zero attached hydrogens (tertiary/aromatic N) is 3. The van der Waals surface area contributed by atoms with Crippen molar-refractivity contribution in [2.75, 3.05) is 6.54 Å². The van der Waals surface area contributed by atoms with Crippen LogP contribution in [0.2, 0.25) is 0 Å². The molecule has 2 N–H and O–H groups in total. The zero-order chi connectivity index (χ0) is 35.2. The number of sulfonamides is 1. The van der Waals surface area contributed by atoms with Gasteiger partial charge in [-0.25, -0.2) is 27.1 Å². The molecule has 0 bridgehead atoms. The van der Waals surface area contributed by atoms with Crippen LogP contribution in [-0.2, 0) is 27.7 Å². The molecule has 4 aromatic rings. The van der Waals surface area contributed by atoms with Crippen LogP contribution in [0.5, 0.6) is 0 Å². The van der Waals surface area contributed by atoms with Gasteiger partial charge >= 0.3 is 11.8 Å². The molecule has 0 aliphatic heterocycles. The molecule has 11 nitrogen and oxygen atoms in total. The molecule has 1 aromatic heterocycles. The number of amides is 2. The smallest absolute Gasteiger partial charge is 0.421 e. The molecule has 0 aliphatic rings. The Hall–Kier alpha value is -4.30. The molecule has 0 atom stereocenters. The van der Waals surface area contributed by atoms with Crippen molar-refractivity contribution < 1.29 is 27.1 Å². The highest BCUT2D eigenvalue weighted by atomic mass is 79.9. The number of rotatable bonds is 12. The van der Waals surface area contributed by atoms with Gasteiger partial charge in [-0.1, -0.05) is 50.6 Å². The number of halogens is 2. The van der Waals surface area contributed by atoms with Crippen molar-refractivity contribution in [3.05, 3.63) is 98.4 Å². The van der Waals surface area contributed by atoms with E-state index in [2.05, 4.69) is 26.3 Å². The maximum absolute atomic E-state index is 15.8. The van der Waals surface area contributed by atoms with E-state index in [4.69, 9.17) is 4.74 Å². The van der Waals surface area contributed by atoms with E-state index < -0.39 is 33.2 Å². The fourth-order valence-corrected chi connectivity index (χ4v) is 6.36. The van der Waals surface area contributed by atoms with Crippen molar-refractivity contribution in [2.24, 2.45) is 0 Å². The number of nitrogens with one attached hydrogen (secondary N) is 2. The lowest BCUT2D eigenvalue weighted by Gasteiger charge is -2.20. The molecule has 0 spiro atoms. The number of aromatic nitrogens is 3. The summed E-state index contributed by atoms with van der Waals surface area (Å²) in [5.41, 5.74) is -0.105. The molecule has 4 rings (SSSR count). The van der Waals surface area contributed by atoms with Crippen LogP contribution in [0.15, 0.2) is 74.8 Å². The third kappa shape index (κ3) is 8.78. The summed E-state index contributed by atoms with van der Waals surface area (Å²) in [6, 6.07) is 15.0. The SMILES string of the molecule is CCCCc1nn(-c2cc(C(=O)NCCC)ccc2Br)c(=O)n1Cc1ccc(-c2ccccc2S(=O)(=O)NC(=O)OC(C)(C)C)cc1F. The number of aryl methyl sites for hydroxylation is 1. The second-order valence-electron chi connectivity index (χ2n) is 12.1. The summed E-state index contributed by atoms with van der Waals surface area (Å²) in [6.07, 6.45) is 1.67. The normalized spacial score (nSPS) is 11.7. The topological polar surface area (TPSA) is 141 Å². The third-order valence-electron chi connectivity index (χ3n) is 7.15. The Morgan fingerprint density at radius 3 is 2.42 bits per heavy atom. The zero-order valence-corrected chi connectivity index (χ0v) is 29.9. The van der Waals surface area contributed by atoms with Gasteiger partial charge in [-0.05, 0) is 85.4 Å². The molecule has 0 unspecified atom stereocenters. The lowest BCUT2D eigenvalue weighted by molar-refractivity contribution is 0.0570. The number of benzene rings is 3. The Morgan fingerprint density at radius 2 is 1.75 bits per heavy atom. The Labute approximate surface area is 287 Å². The molecule has 0 saturated heterocycles. The van der Waals surface area contributed by atoms with E-state index in [1.807, 2.05) is 18.6 Å². The molecular weight excluding hydrogens is 705 g/mol. The van der Waals surface area contributed by atoms with Gasteiger partial charge in [0.15, 0.2) is 0 Å². The molecule has 0 fully saturated rings. The first kappa shape index (κ1) is 36.5. The predicted octanol–water partition coefficient (Wildman–Crippen LogP) is 6.35. The summed E-state index contributed by atoms with van der Waals surface area (Å²) >= 11 is 3.47. The Balaban J connectivity index is 1.69. The van der Waals surface area contributed by atoms with Gasteiger partial charge < -0.3 is 10.1 Å². The average molecular weight is 745 g/mol. The van der Waals surface area contributed by atoms with Gasteiger partial charge in [0.05, 0.1) is 17.1 Å². The van der Waals surface area contributed by atoms with E-state index in [9.17, 15) is 22.8 Å². The molecule has 0 saturated carbocycles. The average Bonchev–Trinajstić information content (AvgIpc) is 3.32. The number of hydrogen-bond acceptors (Lipinski definition) is 7. The highest BCUT2D eigenvalue weighted by Gasteiger charge is 2.26. The third-order valence-corrected chi connectivity index (χ3v) is 9.19. The van der Waals surface area contributed by atoms with E-state index in [0.29, 0.717) is 34.5 Å². The fourth-order valence-electron chi connectivity index (χ4n) is 4.85. The molecule has 48 heavy (non-hydrogen) atoms. The summed E-state index contributed by atoms with van der Waals surface area (Å²) in [5.74, 6) is -0.499. The van der Waals surface area contributed by atoms with Gasteiger partial charge in [-0.2, -0.15) is 4.68 Å². The lowest BCUT2D eigenvalue weighted by atomic mass is 10.0. The molecule has 2 amide bonds. The first-order chi connectivity index (χ1) is 22.6. The largest absolute Gasteiger partial charge is 0.443 e. The van der Waals surface area contributed by atoms with Crippen LogP contribution in [0, 0.1) is 5.82 Å². The van der Waals surface area contributed by atoms with Gasteiger partial charge in [-0.3, -0.25) is 9.36 Å². The van der Waals surface area contributed by atoms with Crippen molar-refractivity contribution in [1.29, 1.82) is 0 Å². The van der Waals surface area contributed by atoms with E-state index in [1.165, 1.54) is 39.6 Å². The first-order valence-corrected chi connectivity index (χ1v) is 17.8. The van der Waals surface area contributed by atoms with Gasteiger partial charge in [0, 0.05) is 34.1 Å². The highest BCUT2D eigenvalue weighted by Crippen LogP contribution is 2.29. The number of unbranched alkanes of at least 4 members (excludes halogenated alkanes) is 1. The predicted molar refractivity (Wildman–Crippen MR) is 184 cm³/mol. The van der Waals surface area contributed by atoms with Crippen molar-refractivity contribution in [2.45, 2.75) is 77.3 Å². The van der Waals surface area contributed by atoms with Crippen molar-refractivity contribution in [1.82, 2.24) is 24.4 Å². The Bertz CT molecular complexity index is 1980. The summed E-state index contributed by atoms with van der Waals surface area (Å²) in [4.78, 5) is 38.5. The Morgan fingerprint density at radius 1 is 1.02 bits per heavy atom. The minimum atomic E-state index is -4.38. The standard InChI is InChI=1S/C34H39BrFN5O6S/c1-6-8-13-30-38-41(28-20-23(16-17-26(28)35)31(42)37-18-7-2)33(44)40(30)21-24-15-14-22(19-27(24)36)25-11-9-10-12-29(25)48(45,46)39-32(43)47-34(3,4)5/h9-12,14-17,19-20H,6-8,13,18,21H2,1-5H3,(H,37,42)(H,39,43). The Kier molecular flexibility index (Phi) is 11.6. The van der Waals surface area contributed by atoms with Crippen LogP contribution in [-0.4, -0.2) is 46.9 Å². The minimum Gasteiger partial charge on any atom is -0.443 e. The van der Waals surface area contributed by atoms with E-state index in [-0.39, 0.29) is 34.0 Å². The number of carbonyl (C=O) groups is 2. The molecular formula is C34H39BrFN5O6S. The molecule has 3 aromatic carbocycles. The highest BCUT2D eigenvalue weighted by molar-refractivity contribution is 9.10. The monoisotopic (exact) mass is 743 g/mol. The van der Waals surface area contributed by atoms with Crippen LogP contribution >= 0.6 is 15.9 Å². The van der Waals surface area contributed by atoms with Crippen LogP contribution in [0.1, 0.15) is 75.6 Å². The summed E-state index contributed by atoms with van der Waals surface area (Å²) < 4.78 is 52.2. The molecule has 14 heteroatoms. The van der Waals surface area contributed by atoms with Crippen molar-refractivity contribution in [3.8, 4) is 16.8 Å². The van der Waals surface area contributed by atoms with Crippen LogP contribution in [0.4, 0.5) is 9.18 Å². The van der Waals surface area contributed by atoms with E-state index in [0.717, 1.165) is 19.3 Å². The quantitative estimate of drug-likeness (QED) is 0.172. The molecule has 256 valence electrons. The van der Waals surface area contributed by atoms with Gasteiger partial charge in [0.1, 0.15) is 17.2 Å². The van der Waals surface area contributed by atoms with Crippen LogP contribution < -0.4 is 15.7 Å². The number of carbonyl (C=O) groups excluding carboxylic acids is 2. The first-order valence-electron chi connectivity index (χ1n) is 15.6. The fraction of sp³-hybridized carbons (Fsp3) is 0.353. The number of hydrogen-bond donors (Lipinski definition) is 2. The maximum atomic E-state index is 15.8. The van der Waals surface area contributed by atoms with Crippen LogP contribution in [0.3, 0.4) is 0 Å². The van der Waals surface area contributed by atoms with Gasteiger partial charge in [0.2, 0.25) is 0 Å². The summed E-state index contributed by atoms with van der Waals surface area (Å²) in [7, 11) is -4.38. The minimum absolute atomic E-state index is 0.140.